The molecule has 1 saturated heterocycles. The van der Waals surface area contributed by atoms with Crippen LogP contribution in [0.1, 0.15) is 44.4 Å². The molecule has 3 aliphatic carbocycles. The summed E-state index contributed by atoms with van der Waals surface area (Å²) in [5.74, 6) is -3.90. The van der Waals surface area contributed by atoms with Gasteiger partial charge in [0.1, 0.15) is 11.3 Å². The highest BCUT2D eigenvalue weighted by Crippen LogP contribution is 2.61. The Morgan fingerprint density at radius 3 is 1.61 bits per heavy atom. The fraction of sp³-hybridized carbons (Fsp3) is 0.160. The highest BCUT2D eigenvalue weighted by Gasteiger charge is 2.61. The smallest absolute Gasteiger partial charge is 0.339 e. The molecule has 4 aliphatic rings. The molecular weight excluding hydrogens is 394 g/mol. The van der Waals surface area contributed by atoms with E-state index < -0.39 is 23.6 Å². The molecule has 152 valence electrons. The topological polar surface area (TPSA) is 94.9 Å². The molecule has 6 heteroatoms. The summed E-state index contributed by atoms with van der Waals surface area (Å²) in [6, 6.07) is 19.7. The van der Waals surface area contributed by atoms with Crippen LogP contribution < -0.4 is 4.90 Å². The van der Waals surface area contributed by atoms with Crippen molar-refractivity contribution in [2.24, 2.45) is 11.8 Å². The number of imide groups is 1. The number of aromatic hydroxyl groups is 1. The predicted molar refractivity (Wildman–Crippen MR) is 111 cm³/mol. The normalized spacial score (nSPS) is 25.2. The molecule has 1 fully saturated rings. The first-order chi connectivity index (χ1) is 15.0. The van der Waals surface area contributed by atoms with E-state index in [1.54, 1.807) is 0 Å². The SMILES string of the molecule is O=C(O)c1cc(N2C(=O)[C@@H]3C4c5ccccc5C(c5ccccc54)[C@@H]3C2=O)ccc1O. The summed E-state index contributed by atoms with van der Waals surface area (Å²) in [6.45, 7) is 0. The van der Waals surface area contributed by atoms with Crippen LogP contribution in [0, 0.1) is 11.8 Å². The van der Waals surface area contributed by atoms with Gasteiger partial charge in [0.15, 0.2) is 0 Å². The lowest BCUT2D eigenvalue weighted by atomic mass is 9.55. The number of carboxylic acid groups (broad SMARTS) is 1. The van der Waals surface area contributed by atoms with Crippen molar-refractivity contribution in [2.45, 2.75) is 11.8 Å². The Morgan fingerprint density at radius 1 is 0.742 bits per heavy atom. The molecule has 0 aromatic heterocycles. The molecule has 0 unspecified atom stereocenters. The summed E-state index contributed by atoms with van der Waals surface area (Å²) < 4.78 is 0. The number of nitrogens with zero attached hydrogens (tertiary/aromatic N) is 1. The average molecular weight is 411 g/mol. The van der Waals surface area contributed by atoms with E-state index in [4.69, 9.17) is 0 Å². The van der Waals surface area contributed by atoms with Crippen LogP contribution in [-0.2, 0) is 9.59 Å². The molecule has 0 saturated carbocycles. The van der Waals surface area contributed by atoms with Gasteiger partial charge in [0.2, 0.25) is 11.8 Å². The Balaban J connectivity index is 1.54. The van der Waals surface area contributed by atoms with E-state index in [-0.39, 0.29) is 34.9 Å². The number of hydrogen-bond acceptors (Lipinski definition) is 4. The van der Waals surface area contributed by atoms with Crippen LogP contribution in [0.4, 0.5) is 5.69 Å². The molecule has 2 atom stereocenters. The van der Waals surface area contributed by atoms with Gasteiger partial charge in [0.25, 0.3) is 0 Å². The Hall–Kier alpha value is -3.93. The highest BCUT2D eigenvalue weighted by atomic mass is 16.4. The van der Waals surface area contributed by atoms with Crippen LogP contribution >= 0.6 is 0 Å². The van der Waals surface area contributed by atoms with Crippen LogP contribution in [0.2, 0.25) is 0 Å². The molecule has 0 spiro atoms. The maximum atomic E-state index is 13.6. The highest BCUT2D eigenvalue weighted by molar-refractivity contribution is 6.23. The van der Waals surface area contributed by atoms with Crippen molar-refractivity contribution in [3.8, 4) is 5.75 Å². The second-order valence-electron chi connectivity index (χ2n) is 8.28. The second kappa shape index (κ2) is 6.04. The third-order valence-electron chi connectivity index (χ3n) is 6.92. The quantitative estimate of drug-likeness (QED) is 0.630. The third-order valence-corrected chi connectivity index (χ3v) is 6.92. The van der Waals surface area contributed by atoms with Gasteiger partial charge in [-0.2, -0.15) is 0 Å². The third kappa shape index (κ3) is 2.19. The average Bonchev–Trinajstić information content (AvgIpc) is 3.05. The van der Waals surface area contributed by atoms with Crippen molar-refractivity contribution < 1.29 is 24.6 Å². The molecular formula is C25H17NO5. The van der Waals surface area contributed by atoms with Gasteiger partial charge >= 0.3 is 5.97 Å². The van der Waals surface area contributed by atoms with Gasteiger partial charge in [0, 0.05) is 11.8 Å². The number of aromatic carboxylic acids is 1. The van der Waals surface area contributed by atoms with E-state index >= 15 is 0 Å². The zero-order valence-electron chi connectivity index (χ0n) is 16.2. The summed E-state index contributed by atoms with van der Waals surface area (Å²) in [4.78, 5) is 39.8. The maximum Gasteiger partial charge on any atom is 0.339 e. The molecule has 6 nitrogen and oxygen atoms in total. The summed E-state index contributed by atoms with van der Waals surface area (Å²) in [6.07, 6.45) is 0. The van der Waals surface area contributed by atoms with E-state index in [1.807, 2.05) is 48.5 Å². The molecule has 1 heterocycles. The second-order valence-corrected chi connectivity index (χ2v) is 8.28. The minimum Gasteiger partial charge on any atom is -0.507 e. The molecule has 3 aromatic rings. The van der Waals surface area contributed by atoms with Crippen LogP contribution in [0.15, 0.2) is 66.7 Å². The first kappa shape index (κ1) is 17.9. The van der Waals surface area contributed by atoms with Gasteiger partial charge in [0.05, 0.1) is 17.5 Å². The van der Waals surface area contributed by atoms with E-state index in [9.17, 15) is 24.6 Å². The number of rotatable bonds is 2. The standard InChI is InChI=1S/C25H17NO5/c27-18-10-9-12(11-17(18)25(30)31)26-23(28)21-19-13-5-1-2-6-14(13)20(22(21)24(26)29)16-8-4-3-7-15(16)19/h1-11,19-22,27H,(H,30,31)/t19?,20?,21-,22+. The van der Waals surface area contributed by atoms with Gasteiger partial charge in [-0.1, -0.05) is 48.5 Å². The van der Waals surface area contributed by atoms with Gasteiger partial charge < -0.3 is 10.2 Å². The summed E-state index contributed by atoms with van der Waals surface area (Å²) in [5, 5.41) is 19.2. The Labute approximate surface area is 177 Å². The van der Waals surface area contributed by atoms with Gasteiger partial charge in [-0.25, -0.2) is 9.69 Å². The number of benzene rings is 3. The van der Waals surface area contributed by atoms with E-state index in [2.05, 4.69) is 0 Å². The predicted octanol–water partition coefficient (Wildman–Crippen LogP) is 3.49. The molecule has 3 aromatic carbocycles. The molecule has 0 radical (unpaired) electrons. The summed E-state index contributed by atoms with van der Waals surface area (Å²) in [5.41, 5.74) is 4.13. The van der Waals surface area contributed by atoms with Crippen molar-refractivity contribution in [2.75, 3.05) is 4.90 Å². The van der Waals surface area contributed by atoms with Crippen LogP contribution in [0.5, 0.6) is 5.75 Å². The van der Waals surface area contributed by atoms with Crippen LogP contribution in [0.3, 0.4) is 0 Å². The first-order valence-corrected chi connectivity index (χ1v) is 10.1. The fourth-order valence-electron chi connectivity index (χ4n) is 5.77. The summed E-state index contributed by atoms with van der Waals surface area (Å²) >= 11 is 0. The summed E-state index contributed by atoms with van der Waals surface area (Å²) in [7, 11) is 0. The van der Waals surface area contributed by atoms with E-state index in [0.717, 1.165) is 27.2 Å². The lowest BCUT2D eigenvalue weighted by molar-refractivity contribution is -0.122. The van der Waals surface area contributed by atoms with Gasteiger partial charge in [-0.05, 0) is 40.5 Å². The van der Waals surface area contributed by atoms with Crippen molar-refractivity contribution in [3.63, 3.8) is 0 Å². The lowest BCUT2D eigenvalue weighted by Gasteiger charge is -2.45. The van der Waals surface area contributed by atoms with Crippen molar-refractivity contribution in [1.82, 2.24) is 0 Å². The van der Waals surface area contributed by atoms with Gasteiger partial charge in [-0.15, -0.1) is 0 Å². The van der Waals surface area contributed by atoms with Crippen LogP contribution in [0.25, 0.3) is 0 Å². The van der Waals surface area contributed by atoms with Crippen molar-refractivity contribution in [1.29, 1.82) is 0 Å². The number of hydrogen-bond donors (Lipinski definition) is 2. The maximum absolute atomic E-state index is 13.6. The Kier molecular flexibility index (Phi) is 3.49. The van der Waals surface area contributed by atoms with Gasteiger partial charge in [-0.3, -0.25) is 9.59 Å². The van der Waals surface area contributed by atoms with Crippen LogP contribution in [-0.4, -0.2) is 28.0 Å². The minimum atomic E-state index is -1.32. The molecule has 2 N–H and O–H groups in total. The molecule has 2 bridgehead atoms. The zero-order chi connectivity index (χ0) is 21.4. The van der Waals surface area contributed by atoms with E-state index in [1.165, 1.54) is 18.2 Å². The molecule has 7 rings (SSSR count). The number of amides is 2. The number of phenols is 1. The van der Waals surface area contributed by atoms with E-state index in [0.29, 0.717) is 0 Å². The van der Waals surface area contributed by atoms with Crippen molar-refractivity contribution in [3.05, 3.63) is 94.5 Å². The number of carboxylic acids is 1. The Morgan fingerprint density at radius 2 is 1.19 bits per heavy atom. The lowest BCUT2D eigenvalue weighted by Crippen LogP contribution is -2.41. The Bertz CT molecular complexity index is 1200. The van der Waals surface area contributed by atoms with Crippen molar-refractivity contribution >= 4 is 23.5 Å². The minimum absolute atomic E-state index is 0.173. The fourth-order valence-corrected chi connectivity index (χ4v) is 5.77. The number of anilines is 1. The number of carbonyl (C=O) groups excluding carboxylic acids is 2. The zero-order valence-corrected chi connectivity index (χ0v) is 16.2. The largest absolute Gasteiger partial charge is 0.507 e. The monoisotopic (exact) mass is 411 g/mol. The molecule has 1 aliphatic heterocycles. The molecule has 31 heavy (non-hydrogen) atoms. The molecule has 2 amide bonds. The number of carbonyl (C=O) groups is 3. The first-order valence-electron chi connectivity index (χ1n) is 10.1.